The molecule has 1 aliphatic carbocycles. The van der Waals surface area contributed by atoms with Crippen LogP contribution in [-0.2, 0) is 13.9 Å². The summed E-state index contributed by atoms with van der Waals surface area (Å²) < 4.78 is 17.1. The van der Waals surface area contributed by atoms with Gasteiger partial charge in [-0.25, -0.2) is 0 Å². The fourth-order valence-corrected chi connectivity index (χ4v) is 4.22. The molecule has 1 fully saturated rings. The van der Waals surface area contributed by atoms with Crippen molar-refractivity contribution in [3.8, 4) is 0 Å². The number of hydrogen-bond donors (Lipinski definition) is 1. The molecule has 0 bridgehead atoms. The van der Waals surface area contributed by atoms with Crippen molar-refractivity contribution in [3.05, 3.63) is 0 Å². The topological polar surface area (TPSA) is 63.6 Å². The summed E-state index contributed by atoms with van der Waals surface area (Å²) in [6, 6.07) is 0. The highest BCUT2D eigenvalue weighted by molar-refractivity contribution is 7.60. The number of rotatable bonds is 4. The van der Waals surface area contributed by atoms with E-state index in [1.54, 1.807) is 0 Å². The van der Waals surface area contributed by atoms with E-state index in [9.17, 15) is 9.36 Å². The van der Waals surface area contributed by atoms with E-state index >= 15 is 0 Å². The van der Waals surface area contributed by atoms with Crippen LogP contribution < -0.4 is 0 Å². The molecule has 0 radical (unpaired) electrons. The second-order valence-electron chi connectivity index (χ2n) is 3.75. The minimum absolute atomic E-state index is 0.0302. The minimum Gasteiger partial charge on any atom is -0.481 e. The van der Waals surface area contributed by atoms with Crippen molar-refractivity contribution in [2.75, 3.05) is 13.3 Å². The molecule has 0 heterocycles. The lowest BCUT2D eigenvalue weighted by Crippen LogP contribution is -2.19. The molecule has 0 aromatic carbocycles. The van der Waals surface area contributed by atoms with Crippen LogP contribution >= 0.6 is 7.37 Å². The molecule has 0 aromatic rings. The van der Waals surface area contributed by atoms with Crippen LogP contribution in [0.15, 0.2) is 0 Å². The van der Waals surface area contributed by atoms with Crippen molar-refractivity contribution >= 4 is 13.3 Å². The number of hydrogen-bond acceptors (Lipinski definition) is 3. The van der Waals surface area contributed by atoms with E-state index in [4.69, 9.17) is 9.63 Å². The Morgan fingerprint density at radius 1 is 1.43 bits per heavy atom. The van der Waals surface area contributed by atoms with Crippen LogP contribution in [0.1, 0.15) is 32.1 Å². The number of aliphatic carboxylic acids is 1. The molecule has 0 spiro atoms. The van der Waals surface area contributed by atoms with Gasteiger partial charge in [0.1, 0.15) is 6.16 Å². The Balaban J connectivity index is 2.66. The van der Waals surface area contributed by atoms with Gasteiger partial charge in [-0.3, -0.25) is 9.36 Å². The lowest BCUT2D eigenvalue weighted by molar-refractivity contribution is -0.134. The van der Waals surface area contributed by atoms with Crippen LogP contribution in [0.4, 0.5) is 0 Å². The molecule has 4 nitrogen and oxygen atoms in total. The van der Waals surface area contributed by atoms with E-state index in [-0.39, 0.29) is 11.8 Å². The van der Waals surface area contributed by atoms with Crippen LogP contribution in [0, 0.1) is 0 Å². The molecule has 5 heteroatoms. The first-order valence-electron chi connectivity index (χ1n) is 4.95. The van der Waals surface area contributed by atoms with Crippen molar-refractivity contribution in [2.24, 2.45) is 0 Å². The van der Waals surface area contributed by atoms with Crippen molar-refractivity contribution in [3.63, 3.8) is 0 Å². The Morgan fingerprint density at radius 3 is 2.43 bits per heavy atom. The highest BCUT2D eigenvalue weighted by Crippen LogP contribution is 2.55. The maximum Gasteiger partial charge on any atom is 0.313 e. The largest absolute Gasteiger partial charge is 0.481 e. The second-order valence-corrected chi connectivity index (χ2v) is 6.62. The van der Waals surface area contributed by atoms with Gasteiger partial charge in [0.15, 0.2) is 0 Å². The average molecular weight is 220 g/mol. The quantitative estimate of drug-likeness (QED) is 0.738. The van der Waals surface area contributed by atoms with Crippen molar-refractivity contribution in [1.82, 2.24) is 0 Å². The van der Waals surface area contributed by atoms with Gasteiger partial charge in [0, 0.05) is 12.8 Å². The average Bonchev–Trinajstić information content (AvgIpc) is 2.18. The Kier molecular flexibility index (Phi) is 4.14. The molecule has 1 rings (SSSR count). The zero-order valence-electron chi connectivity index (χ0n) is 8.44. The lowest BCUT2D eigenvalue weighted by Gasteiger charge is -2.28. The first kappa shape index (κ1) is 11.7. The van der Waals surface area contributed by atoms with E-state index in [2.05, 4.69) is 0 Å². The molecule has 82 valence electrons. The van der Waals surface area contributed by atoms with E-state index in [1.165, 1.54) is 7.11 Å². The van der Waals surface area contributed by atoms with Gasteiger partial charge in [-0.2, -0.15) is 0 Å². The molecular weight excluding hydrogens is 203 g/mol. The molecule has 0 aromatic heterocycles. The van der Waals surface area contributed by atoms with Crippen LogP contribution in [0.25, 0.3) is 0 Å². The summed E-state index contributed by atoms with van der Waals surface area (Å²) in [5.41, 5.74) is -0.0302. The Hall–Kier alpha value is -0.340. The molecule has 14 heavy (non-hydrogen) atoms. The lowest BCUT2D eigenvalue weighted by atomic mass is 10.0. The number of carboxylic acid groups (broad SMARTS) is 1. The van der Waals surface area contributed by atoms with E-state index < -0.39 is 13.3 Å². The van der Waals surface area contributed by atoms with Crippen molar-refractivity contribution < 1.29 is 19.0 Å². The second kappa shape index (κ2) is 4.94. The SMILES string of the molecule is COP(=O)(CC(=O)O)C1CCCCC1. The smallest absolute Gasteiger partial charge is 0.313 e. The third kappa shape index (κ3) is 2.82. The predicted molar refractivity (Wildman–Crippen MR) is 54.0 cm³/mol. The fraction of sp³-hybridized carbons (Fsp3) is 0.889. The van der Waals surface area contributed by atoms with Gasteiger partial charge < -0.3 is 9.63 Å². The highest BCUT2D eigenvalue weighted by atomic mass is 31.2. The van der Waals surface area contributed by atoms with Crippen LogP contribution in [-0.4, -0.2) is 30.0 Å². The van der Waals surface area contributed by atoms with Gasteiger partial charge in [-0.15, -0.1) is 0 Å². The summed E-state index contributed by atoms with van der Waals surface area (Å²) in [7, 11) is -1.57. The molecule has 0 aliphatic heterocycles. The standard InChI is InChI=1S/C9H17O4P/c1-13-14(12,7-9(10)11)8-5-3-2-4-6-8/h8H,2-7H2,1H3,(H,10,11). The van der Waals surface area contributed by atoms with E-state index in [1.807, 2.05) is 0 Å². The third-order valence-electron chi connectivity index (χ3n) is 2.80. The zero-order chi connectivity index (χ0) is 10.6. The molecule has 0 saturated heterocycles. The van der Waals surface area contributed by atoms with E-state index in [0.29, 0.717) is 0 Å². The van der Waals surface area contributed by atoms with Gasteiger partial charge in [0.2, 0.25) is 7.37 Å². The van der Waals surface area contributed by atoms with Gasteiger partial charge in [0.05, 0.1) is 0 Å². The summed E-state index contributed by atoms with van der Waals surface area (Å²) in [4.78, 5) is 10.6. The third-order valence-corrected chi connectivity index (χ3v) is 5.75. The normalized spacial score (nSPS) is 22.9. The van der Waals surface area contributed by atoms with Gasteiger partial charge in [0.25, 0.3) is 0 Å². The molecule has 0 amide bonds. The minimum atomic E-state index is -2.93. The Morgan fingerprint density at radius 2 is 2.00 bits per heavy atom. The summed E-state index contributed by atoms with van der Waals surface area (Å²) in [5, 5.41) is 8.66. The summed E-state index contributed by atoms with van der Waals surface area (Å²) in [6.07, 6.45) is 4.60. The van der Waals surface area contributed by atoms with E-state index in [0.717, 1.165) is 32.1 Å². The van der Waals surface area contributed by atoms with Gasteiger partial charge in [-0.1, -0.05) is 19.3 Å². The van der Waals surface area contributed by atoms with Crippen molar-refractivity contribution in [2.45, 2.75) is 37.8 Å². The van der Waals surface area contributed by atoms with Crippen LogP contribution in [0.5, 0.6) is 0 Å². The fourth-order valence-electron chi connectivity index (χ4n) is 2.01. The molecule has 1 aliphatic rings. The van der Waals surface area contributed by atoms with Gasteiger partial charge in [-0.05, 0) is 12.8 Å². The molecule has 1 saturated carbocycles. The first-order valence-corrected chi connectivity index (χ1v) is 6.82. The first-order chi connectivity index (χ1) is 6.58. The van der Waals surface area contributed by atoms with Crippen LogP contribution in [0.2, 0.25) is 0 Å². The summed E-state index contributed by atoms with van der Waals surface area (Å²) >= 11 is 0. The highest BCUT2D eigenvalue weighted by Gasteiger charge is 2.36. The number of carbonyl (C=O) groups is 1. The summed E-state index contributed by atoms with van der Waals surface area (Å²) in [5.74, 6) is -1.03. The van der Waals surface area contributed by atoms with Crippen LogP contribution in [0.3, 0.4) is 0 Å². The monoisotopic (exact) mass is 220 g/mol. The molecule has 1 atom stereocenters. The Bertz CT molecular complexity index is 245. The van der Waals surface area contributed by atoms with Gasteiger partial charge >= 0.3 is 5.97 Å². The number of carboxylic acids is 1. The van der Waals surface area contributed by atoms with Crippen molar-refractivity contribution in [1.29, 1.82) is 0 Å². The maximum atomic E-state index is 12.1. The molecule has 1 unspecified atom stereocenters. The zero-order valence-corrected chi connectivity index (χ0v) is 9.33. The predicted octanol–water partition coefficient (Wildman–Crippen LogP) is 2.33. The molecule has 1 N–H and O–H groups in total. The maximum absolute atomic E-state index is 12.1. The summed E-state index contributed by atoms with van der Waals surface area (Å²) in [6.45, 7) is 0. The molecular formula is C9H17O4P. The Labute approximate surface area is 84.1 Å².